The Morgan fingerprint density at radius 1 is 1.33 bits per heavy atom. The van der Waals surface area contributed by atoms with Crippen LogP contribution in [0.15, 0.2) is 0 Å². The molecule has 0 unspecified atom stereocenters. The molecule has 0 heterocycles. The Kier molecular flexibility index (Phi) is 7.30. The van der Waals surface area contributed by atoms with E-state index < -0.39 is 5.60 Å². The van der Waals surface area contributed by atoms with E-state index in [4.69, 9.17) is 4.74 Å². The molecule has 0 N–H and O–H groups in total. The second kappa shape index (κ2) is 7.30. The molecular formula is C11H22INO2. The lowest BCUT2D eigenvalue weighted by atomic mass is 10.2. The first-order valence-electron chi connectivity index (χ1n) is 5.44. The van der Waals surface area contributed by atoms with Gasteiger partial charge in [0.1, 0.15) is 5.60 Å². The van der Waals surface area contributed by atoms with Crippen LogP contribution in [0.4, 0.5) is 4.79 Å². The maximum atomic E-state index is 11.8. The molecule has 0 atom stereocenters. The Labute approximate surface area is 107 Å². The van der Waals surface area contributed by atoms with Crippen molar-refractivity contribution < 1.29 is 9.53 Å². The van der Waals surface area contributed by atoms with E-state index in [0.29, 0.717) is 0 Å². The summed E-state index contributed by atoms with van der Waals surface area (Å²) in [6, 6.07) is 0. The van der Waals surface area contributed by atoms with Crippen molar-refractivity contribution in [2.75, 3.05) is 17.5 Å². The molecule has 0 fully saturated rings. The number of ether oxygens (including phenoxy) is 1. The lowest BCUT2D eigenvalue weighted by Crippen LogP contribution is -2.38. The van der Waals surface area contributed by atoms with Gasteiger partial charge in [0, 0.05) is 17.5 Å². The van der Waals surface area contributed by atoms with Crippen LogP contribution >= 0.6 is 22.6 Å². The maximum Gasteiger partial charge on any atom is 0.410 e. The van der Waals surface area contributed by atoms with Crippen molar-refractivity contribution >= 4 is 28.7 Å². The van der Waals surface area contributed by atoms with Crippen LogP contribution in [0.25, 0.3) is 0 Å². The van der Waals surface area contributed by atoms with Gasteiger partial charge in [0.05, 0.1) is 0 Å². The van der Waals surface area contributed by atoms with Crippen LogP contribution in [0.2, 0.25) is 0 Å². The van der Waals surface area contributed by atoms with E-state index in [0.717, 1.165) is 30.4 Å². The van der Waals surface area contributed by atoms with Crippen LogP contribution in [0.5, 0.6) is 0 Å². The molecule has 0 spiro atoms. The molecule has 0 saturated heterocycles. The molecule has 0 saturated carbocycles. The summed E-state index contributed by atoms with van der Waals surface area (Å²) in [4.78, 5) is 13.6. The van der Waals surface area contributed by atoms with Gasteiger partial charge in [0.25, 0.3) is 0 Å². The molecule has 1 amide bonds. The van der Waals surface area contributed by atoms with E-state index in [1.54, 1.807) is 4.90 Å². The fraction of sp³-hybridized carbons (Fsp3) is 0.909. The van der Waals surface area contributed by atoms with Crippen molar-refractivity contribution in [2.24, 2.45) is 0 Å². The molecule has 4 heteroatoms. The van der Waals surface area contributed by atoms with Crippen molar-refractivity contribution in [3.8, 4) is 0 Å². The first kappa shape index (κ1) is 15.0. The number of hydrogen-bond donors (Lipinski definition) is 0. The number of amides is 1. The Bertz CT molecular complexity index is 190. The molecule has 0 radical (unpaired) electrons. The van der Waals surface area contributed by atoms with E-state index in [1.165, 1.54) is 0 Å². The van der Waals surface area contributed by atoms with Crippen molar-refractivity contribution in [3.63, 3.8) is 0 Å². The fourth-order valence-electron chi connectivity index (χ4n) is 1.14. The lowest BCUT2D eigenvalue weighted by molar-refractivity contribution is 0.0251. The maximum absolute atomic E-state index is 11.8. The lowest BCUT2D eigenvalue weighted by Gasteiger charge is -2.27. The average molecular weight is 327 g/mol. The van der Waals surface area contributed by atoms with Gasteiger partial charge in [-0.05, 0) is 33.6 Å². The first-order chi connectivity index (χ1) is 6.90. The van der Waals surface area contributed by atoms with Crippen molar-refractivity contribution in [2.45, 2.75) is 46.1 Å². The summed E-state index contributed by atoms with van der Waals surface area (Å²) in [7, 11) is 0. The zero-order valence-corrected chi connectivity index (χ0v) is 12.3. The summed E-state index contributed by atoms with van der Waals surface area (Å²) < 4.78 is 6.40. The monoisotopic (exact) mass is 327 g/mol. The van der Waals surface area contributed by atoms with Gasteiger partial charge < -0.3 is 9.64 Å². The molecule has 0 aliphatic heterocycles. The third-order valence-electron chi connectivity index (χ3n) is 1.71. The highest BCUT2D eigenvalue weighted by Crippen LogP contribution is 2.10. The summed E-state index contributed by atoms with van der Waals surface area (Å²) in [5, 5.41) is 0. The minimum Gasteiger partial charge on any atom is -0.444 e. The van der Waals surface area contributed by atoms with Gasteiger partial charge in [-0.3, -0.25) is 0 Å². The van der Waals surface area contributed by atoms with Crippen LogP contribution in [0.1, 0.15) is 40.5 Å². The standard InChI is InChI=1S/C11H22INO2/c1-5-8-13(9-6-7-12)10(14)15-11(2,3)4/h5-9H2,1-4H3. The van der Waals surface area contributed by atoms with Crippen molar-refractivity contribution in [1.29, 1.82) is 0 Å². The fourth-order valence-corrected chi connectivity index (χ4v) is 1.48. The largest absolute Gasteiger partial charge is 0.444 e. The molecule has 3 nitrogen and oxygen atoms in total. The second-order valence-electron chi connectivity index (χ2n) is 4.51. The number of nitrogens with zero attached hydrogens (tertiary/aromatic N) is 1. The van der Waals surface area contributed by atoms with Crippen LogP contribution in [-0.2, 0) is 4.74 Å². The van der Waals surface area contributed by atoms with Gasteiger partial charge in [-0.25, -0.2) is 4.79 Å². The molecule has 0 aromatic carbocycles. The van der Waals surface area contributed by atoms with Crippen molar-refractivity contribution in [3.05, 3.63) is 0 Å². The Balaban J connectivity index is 4.15. The summed E-state index contributed by atoms with van der Waals surface area (Å²) in [5.74, 6) is 0. The first-order valence-corrected chi connectivity index (χ1v) is 6.97. The van der Waals surface area contributed by atoms with Gasteiger partial charge >= 0.3 is 6.09 Å². The molecule has 90 valence electrons. The van der Waals surface area contributed by atoms with Crippen LogP contribution in [0, 0.1) is 0 Å². The Morgan fingerprint density at radius 3 is 2.33 bits per heavy atom. The predicted octanol–water partition coefficient (Wildman–Crippen LogP) is 3.46. The highest BCUT2D eigenvalue weighted by molar-refractivity contribution is 14.1. The minimum absolute atomic E-state index is 0.186. The molecule has 0 bridgehead atoms. The number of carbonyl (C=O) groups is 1. The van der Waals surface area contributed by atoms with Crippen LogP contribution in [0.3, 0.4) is 0 Å². The second-order valence-corrected chi connectivity index (χ2v) is 5.59. The average Bonchev–Trinajstić information content (AvgIpc) is 2.09. The molecule has 0 rings (SSSR count). The third kappa shape index (κ3) is 7.88. The van der Waals surface area contributed by atoms with Gasteiger partial charge in [-0.2, -0.15) is 0 Å². The predicted molar refractivity (Wildman–Crippen MR) is 71.6 cm³/mol. The Morgan fingerprint density at radius 2 is 1.93 bits per heavy atom. The quantitative estimate of drug-likeness (QED) is 0.572. The van der Waals surface area contributed by atoms with Gasteiger partial charge in [0.15, 0.2) is 0 Å². The molecule has 0 aliphatic carbocycles. The number of rotatable bonds is 5. The molecular weight excluding hydrogens is 305 g/mol. The van der Waals surface area contributed by atoms with Gasteiger partial charge in [0.2, 0.25) is 0 Å². The van der Waals surface area contributed by atoms with E-state index >= 15 is 0 Å². The molecule has 0 aliphatic rings. The SMILES string of the molecule is CCCN(CCCI)C(=O)OC(C)(C)C. The zero-order chi connectivity index (χ0) is 11.9. The summed E-state index contributed by atoms with van der Waals surface area (Å²) in [6.45, 7) is 9.34. The van der Waals surface area contributed by atoms with Crippen LogP contribution in [-0.4, -0.2) is 34.1 Å². The van der Waals surface area contributed by atoms with E-state index in [1.807, 2.05) is 20.8 Å². The molecule has 15 heavy (non-hydrogen) atoms. The zero-order valence-electron chi connectivity index (χ0n) is 10.2. The van der Waals surface area contributed by atoms with Crippen LogP contribution < -0.4 is 0 Å². The summed E-state index contributed by atoms with van der Waals surface area (Å²) in [6.07, 6.45) is 1.81. The number of carbonyl (C=O) groups excluding carboxylic acids is 1. The van der Waals surface area contributed by atoms with Crippen molar-refractivity contribution in [1.82, 2.24) is 4.90 Å². The normalized spacial score (nSPS) is 11.3. The Hall–Kier alpha value is 0. The highest BCUT2D eigenvalue weighted by atomic mass is 127. The summed E-state index contributed by atoms with van der Waals surface area (Å²) >= 11 is 2.32. The third-order valence-corrected chi connectivity index (χ3v) is 2.47. The van der Waals surface area contributed by atoms with E-state index in [2.05, 4.69) is 29.5 Å². The highest BCUT2D eigenvalue weighted by Gasteiger charge is 2.20. The number of halogens is 1. The van der Waals surface area contributed by atoms with E-state index in [9.17, 15) is 4.79 Å². The molecule has 0 aromatic rings. The topological polar surface area (TPSA) is 29.5 Å². The van der Waals surface area contributed by atoms with E-state index in [-0.39, 0.29) is 6.09 Å². The van der Waals surface area contributed by atoms with Gasteiger partial charge in [-0.15, -0.1) is 0 Å². The number of hydrogen-bond acceptors (Lipinski definition) is 2. The smallest absolute Gasteiger partial charge is 0.410 e. The number of alkyl halides is 1. The van der Waals surface area contributed by atoms with Gasteiger partial charge in [-0.1, -0.05) is 29.5 Å². The molecule has 0 aromatic heterocycles. The summed E-state index contributed by atoms with van der Waals surface area (Å²) in [5.41, 5.74) is -0.395. The minimum atomic E-state index is -0.395.